The van der Waals surface area contributed by atoms with Crippen LogP contribution >= 0.6 is 0 Å². The first-order chi connectivity index (χ1) is 26.0. The maximum absolute atomic E-state index is 4.33. The third-order valence-electron chi connectivity index (χ3n) is 11.1. The Labute approximate surface area is 310 Å². The minimum Gasteiger partial charge on any atom is -0.310 e. The number of hydrogen-bond acceptors (Lipinski definition) is 2. The van der Waals surface area contributed by atoms with Crippen LogP contribution in [0, 0.1) is 0 Å². The van der Waals surface area contributed by atoms with Crippen molar-refractivity contribution in [2.24, 2.45) is 0 Å². The first-order valence-electron chi connectivity index (χ1n) is 18.3. The fourth-order valence-corrected chi connectivity index (χ4v) is 8.48. The van der Waals surface area contributed by atoms with Crippen molar-refractivity contribution in [2.45, 2.75) is 19.3 Å². The van der Waals surface area contributed by atoms with Crippen molar-refractivity contribution in [2.75, 3.05) is 4.90 Å². The number of para-hydroxylation sites is 2. The van der Waals surface area contributed by atoms with Crippen molar-refractivity contribution in [3.63, 3.8) is 0 Å². The second kappa shape index (κ2) is 12.2. The number of anilines is 3. The van der Waals surface area contributed by atoms with Gasteiger partial charge in [0.05, 0.1) is 11.0 Å². The molecular formula is C50H37N3. The molecule has 0 unspecified atom stereocenters. The molecule has 1 aliphatic carbocycles. The molecule has 0 aliphatic heterocycles. The zero-order chi connectivity index (χ0) is 35.5. The van der Waals surface area contributed by atoms with Gasteiger partial charge in [-0.05, 0) is 123 Å². The number of aromatic nitrogens is 2. The van der Waals surface area contributed by atoms with E-state index in [1.165, 1.54) is 49.6 Å². The second-order valence-corrected chi connectivity index (χ2v) is 14.5. The quantitative estimate of drug-likeness (QED) is 0.174. The van der Waals surface area contributed by atoms with Crippen LogP contribution in [0.4, 0.5) is 17.1 Å². The third-order valence-corrected chi connectivity index (χ3v) is 11.1. The Morgan fingerprint density at radius 3 is 1.83 bits per heavy atom. The molecule has 0 saturated carbocycles. The van der Waals surface area contributed by atoms with E-state index in [0.717, 1.165) is 39.4 Å². The molecule has 0 amide bonds. The molecule has 0 saturated heterocycles. The molecule has 0 radical (unpaired) electrons. The summed E-state index contributed by atoms with van der Waals surface area (Å²) in [6, 6.07) is 64.2. The fraction of sp³-hybridized carbons (Fsp3) is 0.0600. The van der Waals surface area contributed by atoms with Gasteiger partial charge in [-0.15, -0.1) is 0 Å². The van der Waals surface area contributed by atoms with Gasteiger partial charge in [0.2, 0.25) is 0 Å². The van der Waals surface area contributed by atoms with Crippen LogP contribution in [0.1, 0.15) is 25.0 Å². The Bertz CT molecular complexity index is 2740. The highest BCUT2D eigenvalue weighted by Crippen LogP contribution is 2.51. The Morgan fingerprint density at radius 2 is 1.04 bits per heavy atom. The van der Waals surface area contributed by atoms with Crippen LogP contribution in [0.5, 0.6) is 0 Å². The molecule has 3 heteroatoms. The molecule has 3 nitrogen and oxygen atoms in total. The Morgan fingerprint density at radius 1 is 0.434 bits per heavy atom. The van der Waals surface area contributed by atoms with E-state index in [4.69, 9.17) is 0 Å². The zero-order valence-corrected chi connectivity index (χ0v) is 29.7. The van der Waals surface area contributed by atoms with E-state index in [1.54, 1.807) is 0 Å². The van der Waals surface area contributed by atoms with Crippen LogP contribution < -0.4 is 4.90 Å². The molecule has 1 aliphatic rings. The Hall–Kier alpha value is -6.71. The summed E-state index contributed by atoms with van der Waals surface area (Å²) in [5, 5.41) is 2.45. The lowest BCUT2D eigenvalue weighted by molar-refractivity contribution is 0.660. The summed E-state index contributed by atoms with van der Waals surface area (Å²) in [5.74, 6) is 0. The van der Waals surface area contributed by atoms with Crippen molar-refractivity contribution >= 4 is 38.9 Å². The summed E-state index contributed by atoms with van der Waals surface area (Å²) in [7, 11) is 0. The topological polar surface area (TPSA) is 21.1 Å². The molecule has 0 atom stereocenters. The minimum atomic E-state index is -0.130. The van der Waals surface area contributed by atoms with E-state index in [-0.39, 0.29) is 5.41 Å². The van der Waals surface area contributed by atoms with Gasteiger partial charge in [0, 0.05) is 51.3 Å². The molecular weight excluding hydrogens is 643 g/mol. The standard InChI is InChI=1S/C50H37N3/c1-50(2)46-19-11-9-17-42(46)43-23-21-40(33-47(43)50)52(41-30-36(34-13-5-3-6-14-34)29-37(31-41)35-25-27-51-28-26-35)39-22-24-49-45(32-39)44-18-10-12-20-48(44)53(49)38-15-7-4-8-16-38/h3-33H,1-2H3. The molecule has 0 spiro atoms. The first kappa shape index (κ1) is 31.1. The van der Waals surface area contributed by atoms with E-state index >= 15 is 0 Å². The third kappa shape index (κ3) is 5.08. The Balaban J connectivity index is 1.24. The lowest BCUT2D eigenvalue weighted by atomic mass is 9.82. The first-order valence-corrected chi connectivity index (χ1v) is 18.3. The van der Waals surface area contributed by atoms with E-state index < -0.39 is 0 Å². The van der Waals surface area contributed by atoms with Crippen molar-refractivity contribution < 1.29 is 0 Å². The summed E-state index contributed by atoms with van der Waals surface area (Å²) in [6.07, 6.45) is 3.75. The van der Waals surface area contributed by atoms with Crippen LogP contribution in [-0.4, -0.2) is 9.55 Å². The second-order valence-electron chi connectivity index (χ2n) is 14.5. The van der Waals surface area contributed by atoms with Gasteiger partial charge < -0.3 is 9.47 Å². The monoisotopic (exact) mass is 679 g/mol. The SMILES string of the molecule is CC1(C)c2ccccc2-c2ccc(N(c3cc(-c4ccccc4)cc(-c4ccncc4)c3)c3ccc4c(c3)c3ccccc3n4-c3ccccc3)cc21. The van der Waals surface area contributed by atoms with Crippen molar-refractivity contribution in [1.82, 2.24) is 9.55 Å². The average Bonchev–Trinajstić information content (AvgIpc) is 3.67. The summed E-state index contributed by atoms with van der Waals surface area (Å²) in [5.41, 5.74) is 16.7. The number of rotatable bonds is 6. The summed E-state index contributed by atoms with van der Waals surface area (Å²) >= 11 is 0. The van der Waals surface area contributed by atoms with Crippen LogP contribution in [0.3, 0.4) is 0 Å². The predicted octanol–water partition coefficient (Wildman–Crippen LogP) is 13.3. The average molecular weight is 680 g/mol. The normalized spacial score (nSPS) is 12.9. The van der Waals surface area contributed by atoms with Crippen LogP contribution in [0.2, 0.25) is 0 Å². The lowest BCUT2D eigenvalue weighted by Crippen LogP contribution is -2.16. The maximum atomic E-state index is 4.33. The van der Waals surface area contributed by atoms with Gasteiger partial charge in [-0.2, -0.15) is 0 Å². The molecule has 2 aromatic heterocycles. The molecule has 9 aromatic rings. The van der Waals surface area contributed by atoms with E-state index in [9.17, 15) is 0 Å². The van der Waals surface area contributed by atoms with E-state index in [2.05, 4.69) is 204 Å². The molecule has 0 bridgehead atoms. The molecule has 7 aromatic carbocycles. The fourth-order valence-electron chi connectivity index (χ4n) is 8.48. The van der Waals surface area contributed by atoms with Gasteiger partial charge in [0.15, 0.2) is 0 Å². The van der Waals surface area contributed by atoms with Gasteiger partial charge in [-0.3, -0.25) is 4.98 Å². The number of hydrogen-bond donors (Lipinski definition) is 0. The van der Waals surface area contributed by atoms with Crippen molar-refractivity contribution in [1.29, 1.82) is 0 Å². The van der Waals surface area contributed by atoms with Gasteiger partial charge in [-0.1, -0.05) is 111 Å². The van der Waals surface area contributed by atoms with Gasteiger partial charge >= 0.3 is 0 Å². The van der Waals surface area contributed by atoms with Crippen molar-refractivity contribution in [3.8, 4) is 39.1 Å². The van der Waals surface area contributed by atoms with Crippen molar-refractivity contribution in [3.05, 3.63) is 199 Å². The number of fused-ring (bicyclic) bond motifs is 6. The highest BCUT2D eigenvalue weighted by molar-refractivity contribution is 6.10. The molecule has 0 fully saturated rings. The van der Waals surface area contributed by atoms with Crippen LogP contribution in [-0.2, 0) is 5.41 Å². The highest BCUT2D eigenvalue weighted by atomic mass is 15.1. The van der Waals surface area contributed by atoms with Crippen LogP contribution in [0.25, 0.3) is 60.9 Å². The van der Waals surface area contributed by atoms with E-state index in [0.29, 0.717) is 0 Å². The molecule has 0 N–H and O–H groups in total. The van der Waals surface area contributed by atoms with Gasteiger partial charge in [0.1, 0.15) is 0 Å². The number of benzene rings is 7. The largest absolute Gasteiger partial charge is 0.310 e. The molecule has 252 valence electrons. The molecule has 2 heterocycles. The highest BCUT2D eigenvalue weighted by Gasteiger charge is 2.35. The predicted molar refractivity (Wildman–Crippen MR) is 222 cm³/mol. The Kier molecular flexibility index (Phi) is 7.16. The van der Waals surface area contributed by atoms with Gasteiger partial charge in [0.25, 0.3) is 0 Å². The van der Waals surface area contributed by atoms with Gasteiger partial charge in [-0.25, -0.2) is 0 Å². The maximum Gasteiger partial charge on any atom is 0.0542 e. The zero-order valence-electron chi connectivity index (χ0n) is 29.7. The lowest BCUT2D eigenvalue weighted by Gasteiger charge is -2.29. The van der Waals surface area contributed by atoms with Crippen LogP contribution in [0.15, 0.2) is 188 Å². The van der Waals surface area contributed by atoms with E-state index in [1.807, 2.05) is 12.4 Å². The summed E-state index contributed by atoms with van der Waals surface area (Å²) in [4.78, 5) is 6.78. The minimum absolute atomic E-state index is 0.130. The number of nitrogens with zero attached hydrogens (tertiary/aromatic N) is 3. The summed E-state index contributed by atoms with van der Waals surface area (Å²) < 4.78 is 2.38. The molecule has 53 heavy (non-hydrogen) atoms. The number of pyridine rings is 1. The smallest absolute Gasteiger partial charge is 0.0542 e. The summed E-state index contributed by atoms with van der Waals surface area (Å²) in [6.45, 7) is 4.71. The molecule has 10 rings (SSSR count).